The van der Waals surface area contributed by atoms with E-state index in [-0.39, 0.29) is 11.4 Å². The van der Waals surface area contributed by atoms with Gasteiger partial charge in [0.25, 0.3) is 0 Å². The summed E-state index contributed by atoms with van der Waals surface area (Å²) in [5.41, 5.74) is 0.747. The first-order chi connectivity index (χ1) is 9.37. The van der Waals surface area contributed by atoms with Crippen LogP contribution in [0.25, 0.3) is 0 Å². The Morgan fingerprint density at radius 3 is 2.40 bits per heavy atom. The molecule has 0 N–H and O–H groups in total. The molecule has 2 rings (SSSR count). The van der Waals surface area contributed by atoms with Gasteiger partial charge in [-0.05, 0) is 17.7 Å². The molecule has 0 saturated heterocycles. The smallest absolute Gasteiger partial charge is 0.411 e. The molecule has 1 heterocycles. The summed E-state index contributed by atoms with van der Waals surface area (Å²) in [5.74, 6) is 1.19. The standard InChI is InChI=1S/C12H11Br2F3O3/c13-8-4-11-10(19-1-2-20-11)3-7(8)9(14)5-18-6-12(15,16)17/h3-4,9H,1-2,5-6H2. The maximum Gasteiger partial charge on any atom is 0.411 e. The first-order valence-corrected chi connectivity index (χ1v) is 7.45. The number of ether oxygens (including phenoxy) is 3. The third-order valence-electron chi connectivity index (χ3n) is 2.53. The SMILES string of the molecule is FC(F)(F)COCC(Br)c1cc2c(cc1Br)OCCO2. The molecule has 0 radical (unpaired) electrons. The van der Waals surface area contributed by atoms with E-state index in [1.165, 1.54) is 0 Å². The molecule has 8 heteroatoms. The monoisotopic (exact) mass is 418 g/mol. The molecule has 0 aliphatic carbocycles. The van der Waals surface area contributed by atoms with Gasteiger partial charge in [0.1, 0.15) is 19.8 Å². The topological polar surface area (TPSA) is 27.7 Å². The second-order valence-corrected chi connectivity index (χ2v) is 6.07. The van der Waals surface area contributed by atoms with Gasteiger partial charge in [0.05, 0.1) is 11.4 Å². The third-order valence-corrected chi connectivity index (χ3v) is 3.97. The predicted octanol–water partition coefficient (Wildman–Crippen LogP) is 4.24. The van der Waals surface area contributed by atoms with Crippen LogP contribution in [0, 0.1) is 0 Å². The highest BCUT2D eigenvalue weighted by molar-refractivity contribution is 9.11. The van der Waals surface area contributed by atoms with Crippen molar-refractivity contribution in [2.75, 3.05) is 26.4 Å². The van der Waals surface area contributed by atoms with E-state index in [0.717, 1.165) is 10.0 Å². The summed E-state index contributed by atoms with van der Waals surface area (Å²) in [5, 5.41) is 0. The van der Waals surface area contributed by atoms with Crippen molar-refractivity contribution in [2.24, 2.45) is 0 Å². The normalized spacial score (nSPS) is 16.1. The van der Waals surface area contributed by atoms with Gasteiger partial charge in [-0.25, -0.2) is 0 Å². The van der Waals surface area contributed by atoms with Crippen LogP contribution >= 0.6 is 31.9 Å². The fourth-order valence-corrected chi connectivity index (χ4v) is 3.16. The Morgan fingerprint density at radius 1 is 1.20 bits per heavy atom. The summed E-state index contributed by atoms with van der Waals surface area (Å²) in [6.07, 6.45) is -4.32. The molecule has 0 aromatic heterocycles. The highest BCUT2D eigenvalue weighted by Gasteiger charge is 2.28. The van der Waals surface area contributed by atoms with E-state index >= 15 is 0 Å². The average molecular weight is 420 g/mol. The van der Waals surface area contributed by atoms with Crippen LogP contribution in [0.2, 0.25) is 0 Å². The van der Waals surface area contributed by atoms with Gasteiger partial charge < -0.3 is 14.2 Å². The van der Waals surface area contributed by atoms with E-state index in [1.54, 1.807) is 12.1 Å². The molecule has 1 atom stereocenters. The first-order valence-electron chi connectivity index (χ1n) is 5.74. The second kappa shape index (κ2) is 6.53. The highest BCUT2D eigenvalue weighted by atomic mass is 79.9. The van der Waals surface area contributed by atoms with Gasteiger partial charge in [0, 0.05) is 4.47 Å². The van der Waals surface area contributed by atoms with Crippen LogP contribution in [-0.2, 0) is 4.74 Å². The maximum absolute atomic E-state index is 12.0. The van der Waals surface area contributed by atoms with E-state index < -0.39 is 12.8 Å². The zero-order chi connectivity index (χ0) is 14.8. The molecule has 1 aromatic carbocycles. The lowest BCUT2D eigenvalue weighted by atomic mass is 10.1. The van der Waals surface area contributed by atoms with Crippen molar-refractivity contribution in [3.63, 3.8) is 0 Å². The zero-order valence-electron chi connectivity index (χ0n) is 10.2. The minimum Gasteiger partial charge on any atom is -0.486 e. The Hall–Kier alpha value is -0.470. The molecule has 1 aromatic rings. The van der Waals surface area contributed by atoms with Gasteiger partial charge in [-0.15, -0.1) is 0 Å². The molecule has 3 nitrogen and oxygen atoms in total. The van der Waals surface area contributed by atoms with Crippen LogP contribution in [0.1, 0.15) is 10.4 Å². The van der Waals surface area contributed by atoms with Crippen LogP contribution in [0.5, 0.6) is 11.5 Å². The van der Waals surface area contributed by atoms with Crippen LogP contribution in [-0.4, -0.2) is 32.6 Å². The number of hydrogen-bond donors (Lipinski definition) is 0. The van der Waals surface area contributed by atoms with Gasteiger partial charge in [0.15, 0.2) is 11.5 Å². The Bertz CT molecular complexity index is 480. The van der Waals surface area contributed by atoms with Crippen molar-refractivity contribution in [3.05, 3.63) is 22.2 Å². The van der Waals surface area contributed by atoms with E-state index in [2.05, 4.69) is 36.6 Å². The molecular weight excluding hydrogens is 409 g/mol. The number of hydrogen-bond acceptors (Lipinski definition) is 3. The summed E-state index contributed by atoms with van der Waals surface area (Å²) in [7, 11) is 0. The molecule has 1 aliphatic rings. The van der Waals surface area contributed by atoms with Crippen molar-refractivity contribution < 1.29 is 27.4 Å². The minimum absolute atomic E-state index is 0.0995. The van der Waals surface area contributed by atoms with E-state index in [1.807, 2.05) is 0 Å². The molecule has 1 aliphatic heterocycles. The Morgan fingerprint density at radius 2 is 1.80 bits per heavy atom. The summed E-state index contributed by atoms with van der Waals surface area (Å²) < 4.78 is 52.3. The Labute approximate surface area is 130 Å². The molecule has 20 heavy (non-hydrogen) atoms. The fourth-order valence-electron chi connectivity index (χ4n) is 1.69. The molecule has 0 fully saturated rings. The summed E-state index contributed by atoms with van der Waals surface area (Å²) >= 11 is 6.68. The highest BCUT2D eigenvalue weighted by Crippen LogP contribution is 2.40. The molecule has 0 saturated carbocycles. The number of halogens is 5. The minimum atomic E-state index is -4.32. The summed E-state index contributed by atoms with van der Waals surface area (Å²) in [4.78, 5) is -0.380. The molecule has 112 valence electrons. The van der Waals surface area contributed by atoms with Crippen LogP contribution in [0.3, 0.4) is 0 Å². The van der Waals surface area contributed by atoms with Gasteiger partial charge in [0.2, 0.25) is 0 Å². The lowest BCUT2D eigenvalue weighted by Gasteiger charge is -2.21. The Kier molecular flexibility index (Phi) is 5.19. The lowest BCUT2D eigenvalue weighted by Crippen LogP contribution is -2.19. The second-order valence-electron chi connectivity index (χ2n) is 4.12. The average Bonchev–Trinajstić information content (AvgIpc) is 2.36. The van der Waals surface area contributed by atoms with Crippen LogP contribution < -0.4 is 9.47 Å². The molecule has 0 spiro atoms. The first kappa shape index (κ1) is 15.9. The molecule has 1 unspecified atom stereocenters. The van der Waals surface area contributed by atoms with Gasteiger partial charge in [-0.1, -0.05) is 31.9 Å². The molecule has 0 amide bonds. The lowest BCUT2D eigenvalue weighted by molar-refractivity contribution is -0.173. The number of fused-ring (bicyclic) bond motifs is 1. The van der Waals surface area contributed by atoms with Crippen LogP contribution in [0.4, 0.5) is 13.2 Å². The van der Waals surface area contributed by atoms with Gasteiger partial charge in [-0.2, -0.15) is 13.2 Å². The molecular formula is C12H11Br2F3O3. The number of rotatable bonds is 4. The third kappa shape index (κ3) is 4.26. The fraction of sp³-hybridized carbons (Fsp3) is 0.500. The van der Waals surface area contributed by atoms with Crippen molar-refractivity contribution in [1.82, 2.24) is 0 Å². The summed E-state index contributed by atoms with van der Waals surface area (Å²) in [6.45, 7) is -0.439. The van der Waals surface area contributed by atoms with E-state index in [9.17, 15) is 13.2 Å². The van der Waals surface area contributed by atoms with Gasteiger partial charge in [-0.3, -0.25) is 0 Å². The van der Waals surface area contributed by atoms with Crippen molar-refractivity contribution in [2.45, 2.75) is 11.0 Å². The largest absolute Gasteiger partial charge is 0.486 e. The van der Waals surface area contributed by atoms with Crippen molar-refractivity contribution in [1.29, 1.82) is 0 Å². The maximum atomic E-state index is 12.0. The quantitative estimate of drug-likeness (QED) is 0.683. The van der Waals surface area contributed by atoms with E-state index in [4.69, 9.17) is 9.47 Å². The van der Waals surface area contributed by atoms with E-state index in [0.29, 0.717) is 24.7 Å². The van der Waals surface area contributed by atoms with Crippen molar-refractivity contribution >= 4 is 31.9 Å². The Balaban J connectivity index is 2.04. The summed E-state index contributed by atoms with van der Waals surface area (Å²) in [6, 6.07) is 3.47. The van der Waals surface area contributed by atoms with Crippen LogP contribution in [0.15, 0.2) is 16.6 Å². The predicted molar refractivity (Wildman–Crippen MR) is 73.7 cm³/mol. The number of benzene rings is 1. The molecule has 0 bridgehead atoms. The van der Waals surface area contributed by atoms with Gasteiger partial charge >= 0.3 is 6.18 Å². The number of alkyl halides is 4. The zero-order valence-corrected chi connectivity index (χ0v) is 13.3. The van der Waals surface area contributed by atoms with Crippen molar-refractivity contribution in [3.8, 4) is 11.5 Å².